The van der Waals surface area contributed by atoms with Crippen molar-refractivity contribution in [1.82, 2.24) is 4.90 Å². The predicted molar refractivity (Wildman–Crippen MR) is 49.6 cm³/mol. The van der Waals surface area contributed by atoms with E-state index in [1.807, 2.05) is 6.08 Å². The number of hydrogen-bond donors (Lipinski definition) is 0. The number of hydrogen-bond acceptors (Lipinski definition) is 1. The molecule has 0 bridgehead atoms. The maximum absolute atomic E-state index is 4.07. The first-order chi connectivity index (χ1) is 5.00. The minimum absolute atomic E-state index is 0.152. The van der Waals surface area contributed by atoms with Gasteiger partial charge in [0.1, 0.15) is 0 Å². The summed E-state index contributed by atoms with van der Waals surface area (Å²) in [4.78, 5) is 2.32. The van der Waals surface area contributed by atoms with E-state index in [0.29, 0.717) is 6.04 Å². The highest BCUT2D eigenvalue weighted by Crippen LogP contribution is 2.35. The maximum atomic E-state index is 4.07. The highest BCUT2D eigenvalue weighted by Gasteiger charge is 2.37. The second-order valence-corrected chi connectivity index (χ2v) is 3.78. The second kappa shape index (κ2) is 2.49. The molecule has 1 atom stereocenters. The van der Waals surface area contributed by atoms with Gasteiger partial charge in [0.25, 0.3) is 0 Å². The molecular weight excluding hydrogens is 134 g/mol. The third kappa shape index (κ3) is 1.14. The van der Waals surface area contributed by atoms with Crippen molar-refractivity contribution >= 4 is 0 Å². The average molecular weight is 151 g/mol. The van der Waals surface area contributed by atoms with E-state index in [-0.39, 0.29) is 5.54 Å². The van der Waals surface area contributed by atoms with Gasteiger partial charge < -0.3 is 0 Å². The highest BCUT2D eigenvalue weighted by atomic mass is 15.2. The molecule has 1 saturated heterocycles. The van der Waals surface area contributed by atoms with E-state index in [4.69, 9.17) is 0 Å². The van der Waals surface area contributed by atoms with Crippen molar-refractivity contribution < 1.29 is 0 Å². The number of nitrogens with zero attached hydrogens (tertiary/aromatic N) is 1. The number of rotatable bonds is 1. The Hall–Kier alpha value is -0.560. The summed E-state index contributed by atoms with van der Waals surface area (Å²) < 4.78 is 0. The lowest BCUT2D eigenvalue weighted by Crippen LogP contribution is -2.39. The van der Waals surface area contributed by atoms with Gasteiger partial charge in [-0.3, -0.25) is 4.90 Å². The first-order valence-corrected chi connectivity index (χ1v) is 4.04. The summed E-state index contributed by atoms with van der Waals surface area (Å²) in [5.41, 5.74) is 1.46. The molecule has 1 rings (SSSR count). The lowest BCUT2D eigenvalue weighted by atomic mass is 9.97. The third-order valence-corrected chi connectivity index (χ3v) is 2.97. The van der Waals surface area contributed by atoms with Crippen LogP contribution >= 0.6 is 0 Å². The molecule has 1 aliphatic heterocycles. The van der Waals surface area contributed by atoms with E-state index >= 15 is 0 Å². The van der Waals surface area contributed by atoms with Crippen molar-refractivity contribution in [3.05, 3.63) is 24.8 Å². The van der Waals surface area contributed by atoms with Crippen LogP contribution in [0.2, 0.25) is 0 Å². The van der Waals surface area contributed by atoms with Crippen LogP contribution in [-0.4, -0.2) is 23.5 Å². The Morgan fingerprint density at radius 1 is 1.64 bits per heavy atom. The molecular formula is C10H17N. The van der Waals surface area contributed by atoms with Crippen LogP contribution in [0.1, 0.15) is 20.3 Å². The Morgan fingerprint density at radius 3 is 2.36 bits per heavy atom. The molecule has 0 spiro atoms. The van der Waals surface area contributed by atoms with Crippen LogP contribution in [0.3, 0.4) is 0 Å². The first-order valence-electron chi connectivity index (χ1n) is 4.04. The molecule has 1 heterocycles. The predicted octanol–water partition coefficient (Wildman–Crippen LogP) is 2.21. The number of likely N-dealkylation sites (N-methyl/N-ethyl adjacent to an activating group) is 1. The molecule has 1 aliphatic rings. The molecule has 0 aromatic carbocycles. The van der Waals surface area contributed by atoms with Gasteiger partial charge in [-0.15, -0.1) is 6.58 Å². The van der Waals surface area contributed by atoms with E-state index in [2.05, 4.69) is 39.0 Å². The zero-order chi connectivity index (χ0) is 8.65. The van der Waals surface area contributed by atoms with Gasteiger partial charge in [-0.2, -0.15) is 0 Å². The van der Waals surface area contributed by atoms with Crippen molar-refractivity contribution in [3.8, 4) is 0 Å². The summed E-state index contributed by atoms with van der Waals surface area (Å²) in [6.07, 6.45) is 3.06. The zero-order valence-electron chi connectivity index (χ0n) is 7.72. The smallest absolute Gasteiger partial charge is 0.0365 e. The van der Waals surface area contributed by atoms with Crippen molar-refractivity contribution in [1.29, 1.82) is 0 Å². The van der Waals surface area contributed by atoms with E-state index in [9.17, 15) is 0 Å². The van der Waals surface area contributed by atoms with Crippen LogP contribution in [0, 0.1) is 0 Å². The minimum atomic E-state index is 0.152. The van der Waals surface area contributed by atoms with Crippen LogP contribution in [0.15, 0.2) is 24.8 Å². The molecule has 11 heavy (non-hydrogen) atoms. The fraction of sp³-hybridized carbons (Fsp3) is 0.600. The van der Waals surface area contributed by atoms with E-state index in [1.165, 1.54) is 5.57 Å². The Balaban J connectivity index is 2.88. The molecule has 62 valence electrons. The van der Waals surface area contributed by atoms with Crippen LogP contribution < -0.4 is 0 Å². The Labute approximate surface area is 69.4 Å². The van der Waals surface area contributed by atoms with Crippen LogP contribution in [0.5, 0.6) is 0 Å². The molecule has 1 nitrogen and oxygen atoms in total. The monoisotopic (exact) mass is 151 g/mol. The van der Waals surface area contributed by atoms with Crippen molar-refractivity contribution in [2.45, 2.75) is 31.8 Å². The molecule has 0 aromatic heterocycles. The fourth-order valence-corrected chi connectivity index (χ4v) is 1.54. The van der Waals surface area contributed by atoms with Gasteiger partial charge >= 0.3 is 0 Å². The van der Waals surface area contributed by atoms with Gasteiger partial charge in [0.15, 0.2) is 0 Å². The van der Waals surface area contributed by atoms with E-state index in [1.54, 1.807) is 0 Å². The van der Waals surface area contributed by atoms with Crippen LogP contribution in [0.4, 0.5) is 0 Å². The lowest BCUT2D eigenvalue weighted by Gasteiger charge is -2.31. The zero-order valence-corrected chi connectivity index (χ0v) is 7.72. The van der Waals surface area contributed by atoms with Crippen molar-refractivity contribution in [2.75, 3.05) is 7.05 Å². The number of likely N-dealkylation sites (tertiary alicyclic amines) is 1. The third-order valence-electron chi connectivity index (χ3n) is 2.97. The maximum Gasteiger partial charge on any atom is 0.0365 e. The molecule has 0 aromatic rings. The Morgan fingerprint density at radius 2 is 2.18 bits per heavy atom. The van der Waals surface area contributed by atoms with Crippen LogP contribution in [0.25, 0.3) is 0 Å². The molecule has 0 aliphatic carbocycles. The Kier molecular flexibility index (Phi) is 1.93. The normalized spacial score (nSPS) is 30.8. The summed E-state index contributed by atoms with van der Waals surface area (Å²) in [6, 6.07) is 0.484. The van der Waals surface area contributed by atoms with Gasteiger partial charge in [0.05, 0.1) is 0 Å². The van der Waals surface area contributed by atoms with Crippen molar-refractivity contribution in [3.63, 3.8) is 0 Å². The molecule has 0 radical (unpaired) electrons. The lowest BCUT2D eigenvalue weighted by molar-refractivity contribution is 0.211. The molecule has 0 saturated carbocycles. The highest BCUT2D eigenvalue weighted by molar-refractivity contribution is 5.23. The largest absolute Gasteiger partial charge is 0.291 e. The molecule has 1 unspecified atom stereocenters. The van der Waals surface area contributed by atoms with E-state index in [0.717, 1.165) is 6.42 Å². The molecule has 1 heteroatoms. The SMILES string of the molecule is C=CC1CC(=C)C(C)(C)N1C. The van der Waals surface area contributed by atoms with Gasteiger partial charge in [0.2, 0.25) is 0 Å². The quantitative estimate of drug-likeness (QED) is 0.519. The summed E-state index contributed by atoms with van der Waals surface area (Å²) in [5, 5.41) is 0. The molecule has 0 N–H and O–H groups in total. The van der Waals surface area contributed by atoms with Crippen LogP contribution in [-0.2, 0) is 0 Å². The standard InChI is InChI=1S/C10H17N/c1-6-9-7-8(2)10(3,4)11(9)5/h6,9H,1-2,7H2,3-5H3. The van der Waals surface area contributed by atoms with Gasteiger partial charge in [0, 0.05) is 11.6 Å². The molecule has 0 amide bonds. The van der Waals surface area contributed by atoms with E-state index < -0.39 is 0 Å². The summed E-state index contributed by atoms with van der Waals surface area (Å²) in [5.74, 6) is 0. The first kappa shape index (κ1) is 8.54. The van der Waals surface area contributed by atoms with Gasteiger partial charge in [-0.1, -0.05) is 18.2 Å². The fourth-order valence-electron chi connectivity index (χ4n) is 1.54. The topological polar surface area (TPSA) is 3.24 Å². The minimum Gasteiger partial charge on any atom is -0.291 e. The summed E-state index contributed by atoms with van der Waals surface area (Å²) in [6.45, 7) is 12.3. The summed E-state index contributed by atoms with van der Waals surface area (Å²) >= 11 is 0. The Bertz CT molecular complexity index is 191. The summed E-state index contributed by atoms with van der Waals surface area (Å²) in [7, 11) is 2.13. The van der Waals surface area contributed by atoms with Crippen molar-refractivity contribution in [2.24, 2.45) is 0 Å². The van der Waals surface area contributed by atoms with Gasteiger partial charge in [-0.25, -0.2) is 0 Å². The second-order valence-electron chi connectivity index (χ2n) is 3.78. The molecule has 1 fully saturated rings. The average Bonchev–Trinajstić information content (AvgIpc) is 2.14. The van der Waals surface area contributed by atoms with Gasteiger partial charge in [-0.05, 0) is 27.3 Å².